The first-order valence-electron chi connectivity index (χ1n) is 11.2. The summed E-state index contributed by atoms with van der Waals surface area (Å²) in [5.41, 5.74) is 3.49. The van der Waals surface area contributed by atoms with Crippen LogP contribution in [0.5, 0.6) is 0 Å². The highest BCUT2D eigenvalue weighted by Crippen LogP contribution is 2.32. The molecule has 2 aromatic heterocycles. The van der Waals surface area contributed by atoms with Crippen molar-refractivity contribution in [1.29, 1.82) is 0 Å². The van der Waals surface area contributed by atoms with Crippen LogP contribution in [0, 0.1) is 0 Å². The number of furan rings is 1. The lowest BCUT2D eigenvalue weighted by molar-refractivity contribution is 0.0713. The van der Waals surface area contributed by atoms with E-state index in [4.69, 9.17) is 13.8 Å². The van der Waals surface area contributed by atoms with Crippen molar-refractivity contribution < 1.29 is 18.6 Å². The first kappa shape index (κ1) is 22.9. The number of likely N-dealkylation sites (tertiary alicyclic amines) is 1. The highest BCUT2D eigenvalue weighted by atomic mass is 32.2. The molecule has 1 atom stereocenters. The van der Waals surface area contributed by atoms with Crippen LogP contribution < -0.4 is 0 Å². The standard InChI is InChI=1S/C26H24N4O4S/c1-32-28-21-14-23(25-27-24(29-34-25)17-35-16-22-8-5-13-33-22)30(15-21)26(31)20-11-9-19(10-12-20)18-6-3-2-4-7-18/h2-13,23H,14-17H2,1H3. The summed E-state index contributed by atoms with van der Waals surface area (Å²) >= 11 is 1.63. The third-order valence-corrected chi connectivity index (χ3v) is 6.65. The topological polar surface area (TPSA) is 94.0 Å². The molecule has 1 aliphatic heterocycles. The van der Waals surface area contributed by atoms with E-state index in [1.54, 1.807) is 22.9 Å². The molecule has 0 spiro atoms. The van der Waals surface area contributed by atoms with E-state index in [0.29, 0.717) is 41.7 Å². The molecule has 8 nitrogen and oxygen atoms in total. The van der Waals surface area contributed by atoms with E-state index in [-0.39, 0.29) is 5.91 Å². The normalized spacial score (nSPS) is 16.7. The lowest BCUT2D eigenvalue weighted by Crippen LogP contribution is -2.31. The number of rotatable bonds is 8. The van der Waals surface area contributed by atoms with Gasteiger partial charge in [-0.2, -0.15) is 4.98 Å². The lowest BCUT2D eigenvalue weighted by Gasteiger charge is -2.21. The molecule has 9 heteroatoms. The number of hydrogen-bond acceptors (Lipinski definition) is 8. The quantitative estimate of drug-likeness (QED) is 0.309. The summed E-state index contributed by atoms with van der Waals surface area (Å²) in [6, 6.07) is 21.1. The maximum absolute atomic E-state index is 13.5. The zero-order valence-corrected chi connectivity index (χ0v) is 20.0. The van der Waals surface area contributed by atoms with Gasteiger partial charge in [0, 0.05) is 12.0 Å². The van der Waals surface area contributed by atoms with Gasteiger partial charge >= 0.3 is 0 Å². The largest absolute Gasteiger partial charge is 0.468 e. The van der Waals surface area contributed by atoms with Gasteiger partial charge in [-0.15, -0.1) is 11.8 Å². The van der Waals surface area contributed by atoms with Gasteiger partial charge in [-0.05, 0) is 35.4 Å². The Bertz CT molecular complexity index is 1290. The van der Waals surface area contributed by atoms with Crippen molar-refractivity contribution in [2.45, 2.75) is 24.0 Å². The summed E-state index contributed by atoms with van der Waals surface area (Å²) in [5.74, 6) is 3.04. The Morgan fingerprint density at radius 3 is 2.63 bits per heavy atom. The molecule has 1 saturated heterocycles. The van der Waals surface area contributed by atoms with Crippen molar-refractivity contribution in [1.82, 2.24) is 15.0 Å². The zero-order chi connectivity index (χ0) is 24.0. The van der Waals surface area contributed by atoms with Crippen LogP contribution >= 0.6 is 11.8 Å². The van der Waals surface area contributed by atoms with Gasteiger partial charge in [0.25, 0.3) is 5.91 Å². The molecule has 1 unspecified atom stereocenters. The Balaban J connectivity index is 1.31. The predicted octanol–water partition coefficient (Wildman–Crippen LogP) is 5.35. The van der Waals surface area contributed by atoms with Gasteiger partial charge in [0.2, 0.25) is 5.89 Å². The van der Waals surface area contributed by atoms with Crippen LogP contribution in [0.4, 0.5) is 0 Å². The molecule has 35 heavy (non-hydrogen) atoms. The Morgan fingerprint density at radius 1 is 1.09 bits per heavy atom. The maximum Gasteiger partial charge on any atom is 0.254 e. The van der Waals surface area contributed by atoms with E-state index in [1.165, 1.54) is 7.11 Å². The Kier molecular flexibility index (Phi) is 6.94. The van der Waals surface area contributed by atoms with E-state index < -0.39 is 6.04 Å². The molecule has 1 aliphatic rings. The third-order valence-electron chi connectivity index (χ3n) is 5.70. The van der Waals surface area contributed by atoms with Crippen molar-refractivity contribution in [2.24, 2.45) is 5.16 Å². The van der Waals surface area contributed by atoms with Gasteiger partial charge in [0.1, 0.15) is 18.9 Å². The molecule has 0 radical (unpaired) electrons. The summed E-state index contributed by atoms with van der Waals surface area (Å²) in [7, 11) is 1.50. The van der Waals surface area contributed by atoms with E-state index in [0.717, 1.165) is 22.6 Å². The van der Waals surface area contributed by atoms with E-state index in [9.17, 15) is 4.79 Å². The average Bonchev–Trinajstić information content (AvgIpc) is 3.66. The maximum atomic E-state index is 13.5. The summed E-state index contributed by atoms with van der Waals surface area (Å²) in [6.45, 7) is 0.336. The minimum absolute atomic E-state index is 0.122. The SMILES string of the molecule is CON=C1CC(c2nc(CSCc3ccco3)no2)N(C(=O)c2ccc(-c3ccccc3)cc2)C1. The molecule has 0 saturated carbocycles. The number of carbonyl (C=O) groups excluding carboxylic acids is 1. The van der Waals surface area contributed by atoms with E-state index >= 15 is 0 Å². The van der Waals surface area contributed by atoms with Crippen LogP contribution in [-0.2, 0) is 16.3 Å². The van der Waals surface area contributed by atoms with Crippen molar-refractivity contribution in [3.05, 3.63) is 96.0 Å². The molecule has 1 fully saturated rings. The third kappa shape index (κ3) is 5.30. The number of thioether (sulfide) groups is 1. The second-order valence-corrected chi connectivity index (χ2v) is 9.04. The number of aromatic nitrogens is 2. The lowest BCUT2D eigenvalue weighted by atomic mass is 10.0. The molecule has 2 aromatic carbocycles. The monoisotopic (exact) mass is 488 g/mol. The summed E-state index contributed by atoms with van der Waals surface area (Å²) < 4.78 is 10.9. The van der Waals surface area contributed by atoms with Crippen LogP contribution in [0.2, 0.25) is 0 Å². The Labute approximate surface area is 207 Å². The zero-order valence-electron chi connectivity index (χ0n) is 19.2. The molecule has 0 N–H and O–H groups in total. The Hall–Kier alpha value is -3.85. The summed E-state index contributed by atoms with van der Waals surface area (Å²) in [5, 5.41) is 8.20. The molecular formula is C26H24N4O4S. The number of nitrogens with zero attached hydrogens (tertiary/aromatic N) is 4. The first-order valence-corrected chi connectivity index (χ1v) is 12.3. The molecule has 0 bridgehead atoms. The van der Waals surface area contributed by atoms with Crippen LogP contribution in [0.1, 0.15) is 40.3 Å². The van der Waals surface area contributed by atoms with Gasteiger partial charge in [0.05, 0.1) is 30.0 Å². The van der Waals surface area contributed by atoms with Crippen molar-refractivity contribution in [3.63, 3.8) is 0 Å². The van der Waals surface area contributed by atoms with Gasteiger partial charge in [0.15, 0.2) is 5.82 Å². The number of hydrogen-bond donors (Lipinski definition) is 0. The van der Waals surface area contributed by atoms with Crippen LogP contribution in [-0.4, -0.2) is 40.3 Å². The Morgan fingerprint density at radius 2 is 1.89 bits per heavy atom. The minimum atomic E-state index is -0.401. The van der Waals surface area contributed by atoms with Crippen molar-refractivity contribution >= 4 is 23.4 Å². The minimum Gasteiger partial charge on any atom is -0.468 e. The molecule has 3 heterocycles. The van der Waals surface area contributed by atoms with Crippen molar-refractivity contribution in [2.75, 3.05) is 13.7 Å². The highest BCUT2D eigenvalue weighted by Gasteiger charge is 2.38. The highest BCUT2D eigenvalue weighted by molar-refractivity contribution is 7.97. The smallest absolute Gasteiger partial charge is 0.254 e. The molecule has 1 amide bonds. The van der Waals surface area contributed by atoms with E-state index in [1.807, 2.05) is 66.7 Å². The number of amides is 1. The van der Waals surface area contributed by atoms with Gasteiger partial charge < -0.3 is 18.7 Å². The molecule has 4 aromatic rings. The first-order chi connectivity index (χ1) is 17.2. The van der Waals surface area contributed by atoms with E-state index in [2.05, 4.69) is 15.3 Å². The van der Waals surface area contributed by atoms with Gasteiger partial charge in [-0.25, -0.2) is 0 Å². The van der Waals surface area contributed by atoms with Crippen LogP contribution in [0.15, 0.2) is 87.1 Å². The fourth-order valence-corrected chi connectivity index (χ4v) is 4.80. The van der Waals surface area contributed by atoms with Crippen molar-refractivity contribution in [3.8, 4) is 11.1 Å². The number of oxime groups is 1. The number of carbonyl (C=O) groups is 1. The average molecular weight is 489 g/mol. The fraction of sp³-hybridized carbons (Fsp3) is 0.231. The summed E-state index contributed by atoms with van der Waals surface area (Å²) in [6.07, 6.45) is 2.13. The fourth-order valence-electron chi connectivity index (χ4n) is 4.03. The molecule has 0 aliphatic carbocycles. The number of benzene rings is 2. The molecule has 5 rings (SSSR count). The predicted molar refractivity (Wildman–Crippen MR) is 133 cm³/mol. The van der Waals surface area contributed by atoms with Crippen LogP contribution in [0.25, 0.3) is 11.1 Å². The second kappa shape index (κ2) is 10.6. The van der Waals surface area contributed by atoms with Crippen LogP contribution in [0.3, 0.4) is 0 Å². The molecule has 178 valence electrons. The summed E-state index contributed by atoms with van der Waals surface area (Å²) in [4.78, 5) is 24.7. The van der Waals surface area contributed by atoms with Gasteiger partial charge in [-0.1, -0.05) is 52.8 Å². The molecular weight excluding hydrogens is 464 g/mol. The van der Waals surface area contributed by atoms with Gasteiger partial charge in [-0.3, -0.25) is 4.79 Å². The second-order valence-electron chi connectivity index (χ2n) is 8.06.